The summed E-state index contributed by atoms with van der Waals surface area (Å²) in [5.74, 6) is 0.302. The summed E-state index contributed by atoms with van der Waals surface area (Å²) in [5.41, 5.74) is 0.552. The number of benzene rings is 1. The molecule has 2 fully saturated rings. The van der Waals surface area contributed by atoms with E-state index < -0.39 is 14.9 Å². The predicted octanol–water partition coefficient (Wildman–Crippen LogP) is 1.53. The SMILES string of the molecule is Cl.O=[N+]([O-])c1ccc(CS(=O)(=O)N2CCC3NCCC3C2)cc1. The number of nitro benzene ring substituents is 1. The fourth-order valence-corrected chi connectivity index (χ4v) is 4.88. The zero-order valence-electron chi connectivity index (χ0n) is 12.6. The number of rotatable bonds is 4. The van der Waals surface area contributed by atoms with Crippen molar-refractivity contribution in [2.24, 2.45) is 5.92 Å². The van der Waals surface area contributed by atoms with Crippen molar-refractivity contribution < 1.29 is 13.3 Å². The molecule has 2 atom stereocenters. The first-order valence-corrected chi connectivity index (χ1v) is 9.01. The topological polar surface area (TPSA) is 92.5 Å². The number of nitrogens with one attached hydrogen (secondary N) is 1. The lowest BCUT2D eigenvalue weighted by Gasteiger charge is -2.34. The maximum Gasteiger partial charge on any atom is 0.269 e. The van der Waals surface area contributed by atoms with Gasteiger partial charge in [0.2, 0.25) is 10.0 Å². The molecule has 7 nitrogen and oxygen atoms in total. The molecule has 23 heavy (non-hydrogen) atoms. The number of nitrogens with zero attached hydrogens (tertiary/aromatic N) is 2. The molecule has 0 amide bonds. The van der Waals surface area contributed by atoms with Gasteiger partial charge in [-0.2, -0.15) is 0 Å². The van der Waals surface area contributed by atoms with Gasteiger partial charge in [-0.1, -0.05) is 12.1 Å². The molecule has 128 valence electrons. The van der Waals surface area contributed by atoms with E-state index in [9.17, 15) is 18.5 Å². The van der Waals surface area contributed by atoms with Gasteiger partial charge in [0.15, 0.2) is 0 Å². The Morgan fingerprint density at radius 1 is 1.26 bits per heavy atom. The molecule has 9 heteroatoms. The summed E-state index contributed by atoms with van der Waals surface area (Å²) in [5, 5.41) is 14.0. The molecule has 0 spiro atoms. The van der Waals surface area contributed by atoms with Crippen molar-refractivity contribution in [3.63, 3.8) is 0 Å². The van der Waals surface area contributed by atoms with Gasteiger partial charge in [0.1, 0.15) is 0 Å². The molecule has 2 heterocycles. The molecule has 2 aliphatic heterocycles. The highest BCUT2D eigenvalue weighted by molar-refractivity contribution is 7.88. The van der Waals surface area contributed by atoms with Gasteiger partial charge in [0, 0.05) is 31.3 Å². The number of sulfonamides is 1. The zero-order valence-corrected chi connectivity index (χ0v) is 14.2. The van der Waals surface area contributed by atoms with E-state index in [1.54, 1.807) is 4.31 Å². The summed E-state index contributed by atoms with van der Waals surface area (Å²) in [6.07, 6.45) is 1.87. The highest BCUT2D eigenvalue weighted by Crippen LogP contribution is 2.27. The van der Waals surface area contributed by atoms with Crippen LogP contribution < -0.4 is 5.32 Å². The first-order valence-electron chi connectivity index (χ1n) is 7.40. The van der Waals surface area contributed by atoms with Gasteiger partial charge in [0.25, 0.3) is 5.69 Å². The van der Waals surface area contributed by atoms with Crippen LogP contribution in [0.1, 0.15) is 18.4 Å². The molecule has 2 aliphatic rings. The summed E-state index contributed by atoms with van der Waals surface area (Å²) in [4.78, 5) is 10.1. The minimum atomic E-state index is -3.37. The molecular formula is C14H20ClN3O4S. The van der Waals surface area contributed by atoms with Crippen LogP contribution in [0.25, 0.3) is 0 Å². The quantitative estimate of drug-likeness (QED) is 0.648. The van der Waals surface area contributed by atoms with Crippen molar-refractivity contribution in [2.75, 3.05) is 19.6 Å². The smallest absolute Gasteiger partial charge is 0.269 e. The molecular weight excluding hydrogens is 342 g/mol. The van der Waals surface area contributed by atoms with Gasteiger partial charge in [-0.15, -0.1) is 12.4 Å². The van der Waals surface area contributed by atoms with Crippen molar-refractivity contribution >= 4 is 28.1 Å². The van der Waals surface area contributed by atoms with E-state index in [0.717, 1.165) is 19.4 Å². The molecule has 1 aromatic carbocycles. The zero-order chi connectivity index (χ0) is 15.7. The molecule has 2 unspecified atom stereocenters. The normalized spacial score (nSPS) is 24.7. The van der Waals surface area contributed by atoms with E-state index in [1.165, 1.54) is 24.3 Å². The van der Waals surface area contributed by atoms with Crippen LogP contribution in [0.3, 0.4) is 0 Å². The Bertz CT molecular complexity index is 665. The molecule has 3 rings (SSSR count). The average molecular weight is 362 g/mol. The Morgan fingerprint density at radius 2 is 1.96 bits per heavy atom. The van der Waals surface area contributed by atoms with Crippen molar-refractivity contribution in [1.82, 2.24) is 9.62 Å². The second-order valence-corrected chi connectivity index (χ2v) is 7.90. The number of hydrogen-bond donors (Lipinski definition) is 1. The minimum absolute atomic E-state index is 0. The largest absolute Gasteiger partial charge is 0.314 e. The number of halogens is 1. The van der Waals surface area contributed by atoms with E-state index in [1.807, 2.05) is 0 Å². The third kappa shape index (κ3) is 4.00. The summed E-state index contributed by atoms with van der Waals surface area (Å²) in [7, 11) is -3.37. The lowest BCUT2D eigenvalue weighted by Crippen LogP contribution is -2.47. The minimum Gasteiger partial charge on any atom is -0.314 e. The van der Waals surface area contributed by atoms with Crippen LogP contribution in [0.4, 0.5) is 5.69 Å². The van der Waals surface area contributed by atoms with Crippen LogP contribution in [0.15, 0.2) is 24.3 Å². The average Bonchev–Trinajstić information content (AvgIpc) is 2.94. The van der Waals surface area contributed by atoms with E-state index in [0.29, 0.717) is 30.6 Å². The Hall–Kier alpha value is -1.22. The van der Waals surface area contributed by atoms with Crippen LogP contribution in [-0.4, -0.2) is 43.3 Å². The van der Waals surface area contributed by atoms with Gasteiger partial charge in [-0.05, 0) is 30.9 Å². The lowest BCUT2D eigenvalue weighted by molar-refractivity contribution is -0.384. The first-order chi connectivity index (χ1) is 10.5. The number of non-ortho nitro benzene ring substituents is 1. The summed E-state index contributed by atoms with van der Waals surface area (Å²) < 4.78 is 26.6. The van der Waals surface area contributed by atoms with Crippen LogP contribution >= 0.6 is 12.4 Å². The third-order valence-electron chi connectivity index (χ3n) is 4.51. The Kier molecular flexibility index (Phi) is 5.61. The van der Waals surface area contributed by atoms with E-state index in [2.05, 4.69) is 5.32 Å². The highest BCUT2D eigenvalue weighted by Gasteiger charge is 2.36. The fourth-order valence-electron chi connectivity index (χ4n) is 3.28. The van der Waals surface area contributed by atoms with Crippen molar-refractivity contribution in [3.05, 3.63) is 39.9 Å². The van der Waals surface area contributed by atoms with Crippen molar-refractivity contribution in [3.8, 4) is 0 Å². The second kappa shape index (κ2) is 7.12. The van der Waals surface area contributed by atoms with E-state index in [-0.39, 0.29) is 23.8 Å². The maximum atomic E-state index is 12.5. The first kappa shape index (κ1) is 18.1. The number of fused-ring (bicyclic) bond motifs is 1. The van der Waals surface area contributed by atoms with Gasteiger partial charge in [-0.25, -0.2) is 12.7 Å². The van der Waals surface area contributed by atoms with Crippen LogP contribution in [0, 0.1) is 16.0 Å². The lowest BCUT2D eigenvalue weighted by atomic mass is 9.95. The molecule has 0 bridgehead atoms. The molecule has 2 saturated heterocycles. The van der Waals surface area contributed by atoms with Crippen LogP contribution in [-0.2, 0) is 15.8 Å². The maximum absolute atomic E-state index is 12.5. The monoisotopic (exact) mass is 361 g/mol. The molecule has 0 aromatic heterocycles. The van der Waals surface area contributed by atoms with Crippen LogP contribution in [0.5, 0.6) is 0 Å². The molecule has 0 aliphatic carbocycles. The number of piperidine rings is 1. The van der Waals surface area contributed by atoms with E-state index >= 15 is 0 Å². The van der Waals surface area contributed by atoms with Crippen molar-refractivity contribution in [1.29, 1.82) is 0 Å². The second-order valence-electron chi connectivity index (χ2n) is 5.94. The van der Waals surface area contributed by atoms with Crippen molar-refractivity contribution in [2.45, 2.75) is 24.6 Å². The van der Waals surface area contributed by atoms with Gasteiger partial charge in [-0.3, -0.25) is 10.1 Å². The summed E-state index contributed by atoms with van der Waals surface area (Å²) in [6, 6.07) is 6.17. The molecule has 0 saturated carbocycles. The summed E-state index contributed by atoms with van der Waals surface area (Å²) >= 11 is 0. The Morgan fingerprint density at radius 3 is 2.61 bits per heavy atom. The molecule has 0 radical (unpaired) electrons. The fraction of sp³-hybridized carbons (Fsp3) is 0.571. The Labute approximate surface area is 141 Å². The third-order valence-corrected chi connectivity index (χ3v) is 6.32. The van der Waals surface area contributed by atoms with E-state index in [4.69, 9.17) is 0 Å². The number of nitro groups is 1. The highest BCUT2D eigenvalue weighted by atomic mass is 35.5. The van der Waals surface area contributed by atoms with Crippen LogP contribution in [0.2, 0.25) is 0 Å². The van der Waals surface area contributed by atoms with Gasteiger partial charge >= 0.3 is 0 Å². The standard InChI is InChI=1S/C14H19N3O4S.ClH/c18-17(19)13-3-1-11(2-4-13)10-22(20,21)16-8-6-14-12(9-16)5-7-15-14;/h1-4,12,14-15H,5-10H2;1H. The summed E-state index contributed by atoms with van der Waals surface area (Å²) in [6.45, 7) is 2.09. The molecule has 1 aromatic rings. The van der Waals surface area contributed by atoms with Gasteiger partial charge in [0.05, 0.1) is 10.7 Å². The number of hydrogen-bond acceptors (Lipinski definition) is 5. The predicted molar refractivity (Wildman–Crippen MR) is 89.1 cm³/mol. The molecule has 1 N–H and O–H groups in total. The van der Waals surface area contributed by atoms with Gasteiger partial charge < -0.3 is 5.32 Å². The Balaban J connectivity index is 0.00000192.